The van der Waals surface area contributed by atoms with Crippen LogP contribution >= 0.6 is 35.3 Å². The topological polar surface area (TPSA) is 61.6 Å². The van der Waals surface area contributed by atoms with Crippen molar-refractivity contribution < 1.29 is 18.0 Å². The van der Waals surface area contributed by atoms with Crippen LogP contribution in [0.2, 0.25) is 5.02 Å². The average molecular weight is 703 g/mol. The van der Waals surface area contributed by atoms with Gasteiger partial charge in [0, 0.05) is 64.0 Å². The predicted molar refractivity (Wildman–Crippen MR) is 191 cm³/mol. The van der Waals surface area contributed by atoms with Gasteiger partial charge in [-0.3, -0.25) is 14.4 Å². The summed E-state index contributed by atoms with van der Waals surface area (Å²) in [6.07, 6.45) is 3.33. The average Bonchev–Trinajstić information content (AvgIpc) is 3.01. The van der Waals surface area contributed by atoms with E-state index < -0.39 is 5.51 Å². The molecule has 0 bridgehead atoms. The molecule has 0 spiro atoms. The Bertz CT molecular complexity index is 1590. The highest BCUT2D eigenvalue weighted by atomic mass is 35.5. The van der Waals surface area contributed by atoms with Crippen LogP contribution in [0, 0.1) is 11.3 Å². The summed E-state index contributed by atoms with van der Waals surface area (Å²) in [6, 6.07) is 20.5. The van der Waals surface area contributed by atoms with E-state index in [4.69, 9.17) is 17.3 Å². The molecule has 1 unspecified atom stereocenters. The number of anilines is 2. The molecule has 1 aliphatic carbocycles. The van der Waals surface area contributed by atoms with Crippen LogP contribution in [0.15, 0.2) is 82.1 Å². The molecule has 0 radical (unpaired) electrons. The number of carbonyl (C=O) groups excluding carboxylic acids is 1. The van der Waals surface area contributed by atoms with Gasteiger partial charge in [0.2, 0.25) is 0 Å². The van der Waals surface area contributed by atoms with E-state index in [1.807, 2.05) is 24.3 Å². The van der Waals surface area contributed by atoms with E-state index in [0.29, 0.717) is 22.4 Å². The molecule has 1 fully saturated rings. The van der Waals surface area contributed by atoms with Crippen molar-refractivity contribution in [2.24, 2.45) is 11.3 Å². The molecule has 252 valence electrons. The highest BCUT2D eigenvalue weighted by Crippen LogP contribution is 2.46. The molecule has 1 saturated heterocycles. The number of thioether (sulfide) groups is 1. The van der Waals surface area contributed by atoms with Gasteiger partial charge in [-0.1, -0.05) is 51.4 Å². The molecular weight excluding hydrogens is 661 g/mol. The lowest BCUT2D eigenvalue weighted by molar-refractivity contribution is -0.0328. The first kappa shape index (κ1) is 35.5. The van der Waals surface area contributed by atoms with Crippen molar-refractivity contribution in [1.82, 2.24) is 9.62 Å². The van der Waals surface area contributed by atoms with E-state index in [1.54, 1.807) is 23.8 Å². The minimum atomic E-state index is -4.45. The van der Waals surface area contributed by atoms with Gasteiger partial charge in [0.25, 0.3) is 5.91 Å². The van der Waals surface area contributed by atoms with Gasteiger partial charge in [0.05, 0.1) is 0 Å². The molecule has 1 amide bonds. The second-order valence-corrected chi connectivity index (χ2v) is 15.8. The molecule has 0 aromatic heterocycles. The van der Waals surface area contributed by atoms with Crippen molar-refractivity contribution in [2.45, 2.75) is 68.3 Å². The number of alkyl halides is 3. The number of carbonyl (C=O) groups is 1. The SMILES string of the molecule is CC(C)C(C1=C(c2ccc(Cl)cc2)CCC(C)(C)C1)N1CCN(c2ccc(C(=O)NSc3ccc(N)c(SC(F)(F)F)c3)cc2)CC1. The van der Waals surface area contributed by atoms with E-state index in [1.165, 1.54) is 29.7 Å². The molecule has 3 aromatic carbocycles. The number of nitrogens with one attached hydrogen (secondary N) is 1. The number of hydrogen-bond acceptors (Lipinski definition) is 6. The Morgan fingerprint density at radius 3 is 2.26 bits per heavy atom. The molecule has 3 N–H and O–H groups in total. The smallest absolute Gasteiger partial charge is 0.398 e. The summed E-state index contributed by atoms with van der Waals surface area (Å²) in [4.78, 5) is 18.2. The highest BCUT2D eigenvalue weighted by molar-refractivity contribution is 8.00. The number of benzene rings is 3. The molecule has 1 heterocycles. The summed E-state index contributed by atoms with van der Waals surface area (Å²) >= 11 is 6.93. The standard InChI is InChI=1S/C36H42ClF3N4OS2/c1-23(2)33(30-22-35(3,4)16-15-29(30)24-5-9-26(37)10-6-24)44-19-17-43(18-20-44)27-11-7-25(8-12-27)34(45)42-47-28-13-14-31(41)32(21-28)46-36(38,39)40/h5-14,21,23,33H,15-20,22,41H2,1-4H3,(H,42,45). The van der Waals surface area contributed by atoms with Crippen LogP contribution in [0.25, 0.3) is 5.57 Å². The fraction of sp³-hybridized carbons (Fsp3) is 0.417. The van der Waals surface area contributed by atoms with E-state index in [0.717, 1.165) is 61.7 Å². The van der Waals surface area contributed by atoms with Crippen LogP contribution in [0.1, 0.15) is 62.9 Å². The van der Waals surface area contributed by atoms with Gasteiger partial charge in [-0.25, -0.2) is 0 Å². The maximum absolute atomic E-state index is 12.8. The summed E-state index contributed by atoms with van der Waals surface area (Å²) < 4.78 is 41.3. The minimum Gasteiger partial charge on any atom is -0.398 e. The van der Waals surface area contributed by atoms with Gasteiger partial charge in [0.1, 0.15) is 0 Å². The fourth-order valence-corrected chi connectivity index (χ4v) is 8.14. The van der Waals surface area contributed by atoms with Gasteiger partial charge in [-0.05, 0) is 126 Å². The third-order valence-electron chi connectivity index (χ3n) is 8.96. The van der Waals surface area contributed by atoms with Crippen molar-refractivity contribution in [1.29, 1.82) is 0 Å². The Morgan fingerprint density at radius 1 is 0.979 bits per heavy atom. The Labute approximate surface area is 289 Å². The molecule has 11 heteroatoms. The number of piperazine rings is 1. The summed E-state index contributed by atoms with van der Waals surface area (Å²) in [6.45, 7) is 13.1. The van der Waals surface area contributed by atoms with Gasteiger partial charge < -0.3 is 10.6 Å². The monoisotopic (exact) mass is 702 g/mol. The van der Waals surface area contributed by atoms with E-state index in [2.05, 4.69) is 54.3 Å². The zero-order valence-electron chi connectivity index (χ0n) is 27.2. The molecule has 0 saturated carbocycles. The summed E-state index contributed by atoms with van der Waals surface area (Å²) in [5.74, 6) is 0.139. The number of hydrogen-bond donors (Lipinski definition) is 2. The van der Waals surface area contributed by atoms with E-state index in [9.17, 15) is 18.0 Å². The number of rotatable bonds is 9. The number of nitrogens with two attached hydrogens (primary N) is 1. The highest BCUT2D eigenvalue weighted by Gasteiger charge is 2.36. The van der Waals surface area contributed by atoms with Gasteiger partial charge in [-0.2, -0.15) is 13.2 Å². The van der Waals surface area contributed by atoms with Gasteiger partial charge >= 0.3 is 5.51 Å². The molecule has 5 rings (SSSR count). The van der Waals surface area contributed by atoms with Crippen LogP contribution in [0.3, 0.4) is 0 Å². The largest absolute Gasteiger partial charge is 0.446 e. The number of nitrogens with zero attached hydrogens (tertiary/aromatic N) is 2. The lowest BCUT2D eigenvalue weighted by Crippen LogP contribution is -2.53. The Kier molecular flexibility index (Phi) is 11.2. The molecule has 3 aromatic rings. The maximum atomic E-state index is 12.8. The summed E-state index contributed by atoms with van der Waals surface area (Å²) in [5, 5.41) is 0.759. The Morgan fingerprint density at radius 2 is 1.64 bits per heavy atom. The van der Waals surface area contributed by atoms with Crippen LogP contribution < -0.4 is 15.4 Å². The second-order valence-electron chi connectivity index (χ2n) is 13.4. The van der Waals surface area contributed by atoms with Gasteiger partial charge in [0.15, 0.2) is 0 Å². The van der Waals surface area contributed by atoms with E-state index >= 15 is 0 Å². The van der Waals surface area contributed by atoms with Gasteiger partial charge in [-0.15, -0.1) is 0 Å². The quantitative estimate of drug-likeness (QED) is 0.132. The molecule has 5 nitrogen and oxygen atoms in total. The summed E-state index contributed by atoms with van der Waals surface area (Å²) in [5.41, 5.74) is 7.41. The molecule has 1 atom stereocenters. The molecular formula is C36H42ClF3N4OS2. The normalized spacial score (nSPS) is 18.0. The van der Waals surface area contributed by atoms with Crippen molar-refractivity contribution >= 4 is 58.2 Å². The first-order chi connectivity index (χ1) is 22.2. The summed E-state index contributed by atoms with van der Waals surface area (Å²) in [7, 11) is 0. The number of nitrogen functional groups attached to an aromatic ring is 1. The Hall–Kier alpha value is -2.79. The predicted octanol–water partition coefficient (Wildman–Crippen LogP) is 9.78. The zero-order chi connectivity index (χ0) is 33.9. The zero-order valence-corrected chi connectivity index (χ0v) is 29.6. The lowest BCUT2D eigenvalue weighted by Gasteiger charge is -2.46. The third kappa shape index (κ3) is 9.22. The maximum Gasteiger partial charge on any atom is 0.446 e. The molecule has 1 aliphatic heterocycles. The van der Waals surface area contributed by atoms with Crippen LogP contribution in [0.5, 0.6) is 0 Å². The minimum absolute atomic E-state index is 0.0388. The first-order valence-electron chi connectivity index (χ1n) is 15.9. The van der Waals surface area contributed by atoms with Crippen molar-refractivity contribution in [3.63, 3.8) is 0 Å². The first-order valence-corrected chi connectivity index (χ1v) is 17.9. The van der Waals surface area contributed by atoms with Crippen LogP contribution in [0.4, 0.5) is 24.5 Å². The third-order valence-corrected chi connectivity index (χ3v) is 10.8. The van der Waals surface area contributed by atoms with Crippen LogP contribution in [-0.4, -0.2) is 48.5 Å². The van der Waals surface area contributed by atoms with Crippen molar-refractivity contribution in [3.8, 4) is 0 Å². The number of amides is 1. The number of halogens is 4. The number of allylic oxidation sites excluding steroid dienone is 1. The molecule has 47 heavy (non-hydrogen) atoms. The lowest BCUT2D eigenvalue weighted by atomic mass is 9.69. The van der Waals surface area contributed by atoms with E-state index in [-0.39, 0.29) is 33.7 Å². The van der Waals surface area contributed by atoms with Crippen molar-refractivity contribution in [3.05, 3.63) is 88.5 Å². The molecule has 2 aliphatic rings. The van der Waals surface area contributed by atoms with Crippen LogP contribution in [-0.2, 0) is 0 Å². The van der Waals surface area contributed by atoms with Crippen molar-refractivity contribution in [2.75, 3.05) is 36.8 Å². The Balaban J connectivity index is 1.22. The fourth-order valence-electron chi connectivity index (χ4n) is 6.68. The second kappa shape index (κ2) is 14.8.